The van der Waals surface area contributed by atoms with Crippen molar-refractivity contribution in [3.05, 3.63) is 40.9 Å². The van der Waals surface area contributed by atoms with E-state index in [1.165, 1.54) is 5.56 Å². The summed E-state index contributed by atoms with van der Waals surface area (Å²) >= 11 is 0. The first kappa shape index (κ1) is 14.0. The number of rotatable bonds is 3. The van der Waals surface area contributed by atoms with Crippen LogP contribution in [-0.2, 0) is 0 Å². The van der Waals surface area contributed by atoms with Gasteiger partial charge in [-0.15, -0.1) is 6.04 Å². The van der Waals surface area contributed by atoms with E-state index in [1.807, 2.05) is 6.07 Å². The summed E-state index contributed by atoms with van der Waals surface area (Å²) in [7, 11) is -1.28. The molecule has 0 aliphatic carbocycles. The first-order valence-electron chi connectivity index (χ1n) is 4.76. The second-order valence-electron chi connectivity index (χ2n) is 4.39. The molecule has 0 saturated carbocycles. The largest absolute Gasteiger partial charge is 1.00 e. The van der Waals surface area contributed by atoms with Crippen LogP contribution >= 0.6 is 0 Å². The minimum Gasteiger partial charge on any atom is -0.659 e. The maximum atomic E-state index is 4.82. The molecule has 0 radical (unpaired) electrons. The summed E-state index contributed by atoms with van der Waals surface area (Å²) in [6.45, 7) is 8.99. The molecular weight excluding hydrogens is 181 g/mol. The van der Waals surface area contributed by atoms with Crippen molar-refractivity contribution in [3.8, 4) is 0 Å². The topological polar surface area (TPSA) is 14.1 Å². The van der Waals surface area contributed by atoms with E-state index in [2.05, 4.69) is 50.8 Å². The Bertz CT molecular complexity index is 256. The van der Waals surface area contributed by atoms with Crippen LogP contribution in [0.3, 0.4) is 0 Å². The minimum atomic E-state index is -1.28. The molecule has 0 aliphatic rings. The minimum absolute atomic E-state index is 0. The molecule has 0 N–H and O–H groups in total. The number of hydrogen-bond acceptors (Lipinski definition) is 0. The molecular formula is C11H18LiNSi. The van der Waals surface area contributed by atoms with Gasteiger partial charge in [0, 0.05) is 0 Å². The van der Waals surface area contributed by atoms with Crippen molar-refractivity contribution in [2.45, 2.75) is 32.6 Å². The zero-order valence-corrected chi connectivity index (χ0v) is 10.9. The van der Waals surface area contributed by atoms with Crippen LogP contribution in [0.4, 0.5) is 0 Å². The molecule has 0 spiro atoms. The standard InChI is InChI=1S/C11H18NSi.Li/c1-10(12-13(2,3)4)11-8-6-5-7-9-11;/h5-10H,1-4H3;/q-1;+1/t10-;/m0./s1. The summed E-state index contributed by atoms with van der Waals surface area (Å²) in [4.78, 5) is 4.82. The average Bonchev–Trinajstić information content (AvgIpc) is 2.03. The second-order valence-corrected chi connectivity index (χ2v) is 8.99. The Hall–Kier alpha value is -0.00571. The third kappa shape index (κ3) is 5.02. The number of benzene rings is 1. The van der Waals surface area contributed by atoms with Crippen LogP contribution in [0.1, 0.15) is 18.5 Å². The zero-order chi connectivity index (χ0) is 9.90. The van der Waals surface area contributed by atoms with Crippen LogP contribution in [0, 0.1) is 0 Å². The van der Waals surface area contributed by atoms with Gasteiger partial charge < -0.3 is 4.98 Å². The SMILES string of the molecule is C[C@H]([N-][Si](C)(C)C)c1ccccc1.[Li+]. The van der Waals surface area contributed by atoms with E-state index in [-0.39, 0.29) is 18.9 Å². The third-order valence-corrected chi connectivity index (χ3v) is 3.02. The van der Waals surface area contributed by atoms with Gasteiger partial charge in [0.25, 0.3) is 0 Å². The number of nitrogens with zero attached hydrogens (tertiary/aromatic N) is 1. The number of hydrogen-bond donors (Lipinski definition) is 0. The van der Waals surface area contributed by atoms with Crippen LogP contribution in [0.5, 0.6) is 0 Å². The van der Waals surface area contributed by atoms with Gasteiger partial charge in [-0.3, -0.25) is 0 Å². The van der Waals surface area contributed by atoms with Gasteiger partial charge in [-0.25, -0.2) is 0 Å². The van der Waals surface area contributed by atoms with E-state index >= 15 is 0 Å². The smallest absolute Gasteiger partial charge is 0.659 e. The molecule has 1 rings (SSSR count). The van der Waals surface area contributed by atoms with Crippen LogP contribution in [-0.4, -0.2) is 8.24 Å². The van der Waals surface area contributed by atoms with Gasteiger partial charge >= 0.3 is 18.9 Å². The fraction of sp³-hybridized carbons (Fsp3) is 0.455. The molecule has 1 atom stereocenters. The van der Waals surface area contributed by atoms with Gasteiger partial charge in [0.2, 0.25) is 0 Å². The molecule has 0 heterocycles. The first-order chi connectivity index (χ1) is 5.99. The molecule has 0 amide bonds. The third-order valence-electron chi connectivity index (χ3n) is 1.86. The fourth-order valence-corrected chi connectivity index (χ4v) is 2.70. The van der Waals surface area contributed by atoms with Crippen LogP contribution in [0.15, 0.2) is 30.3 Å². The van der Waals surface area contributed by atoms with Gasteiger partial charge in [-0.2, -0.15) is 0 Å². The maximum Gasteiger partial charge on any atom is 1.00 e. The molecule has 0 saturated heterocycles. The molecule has 14 heavy (non-hydrogen) atoms. The zero-order valence-electron chi connectivity index (χ0n) is 9.91. The van der Waals surface area contributed by atoms with Crippen molar-refractivity contribution in [1.29, 1.82) is 0 Å². The van der Waals surface area contributed by atoms with E-state index in [9.17, 15) is 0 Å². The summed E-state index contributed by atoms with van der Waals surface area (Å²) < 4.78 is 0. The first-order valence-corrected chi connectivity index (χ1v) is 8.21. The average molecular weight is 199 g/mol. The predicted molar refractivity (Wildman–Crippen MR) is 61.6 cm³/mol. The van der Waals surface area contributed by atoms with Gasteiger partial charge in [0.15, 0.2) is 0 Å². The Morgan fingerprint density at radius 1 is 1.07 bits per heavy atom. The van der Waals surface area contributed by atoms with Crippen molar-refractivity contribution in [2.75, 3.05) is 0 Å². The van der Waals surface area contributed by atoms with Crippen LogP contribution < -0.4 is 18.9 Å². The van der Waals surface area contributed by atoms with Crippen molar-refractivity contribution >= 4 is 8.24 Å². The molecule has 0 fully saturated rings. The van der Waals surface area contributed by atoms with Crippen molar-refractivity contribution in [2.24, 2.45) is 0 Å². The quantitative estimate of drug-likeness (QED) is 0.644. The van der Waals surface area contributed by atoms with E-state index < -0.39 is 8.24 Å². The molecule has 1 aromatic rings. The van der Waals surface area contributed by atoms with Gasteiger partial charge in [0.1, 0.15) is 0 Å². The molecule has 1 aromatic carbocycles. The molecule has 0 unspecified atom stereocenters. The van der Waals surface area contributed by atoms with E-state index in [1.54, 1.807) is 0 Å². The van der Waals surface area contributed by atoms with Crippen molar-refractivity contribution < 1.29 is 18.9 Å². The van der Waals surface area contributed by atoms with Crippen LogP contribution in [0.25, 0.3) is 4.98 Å². The van der Waals surface area contributed by atoms with E-state index in [0.717, 1.165) is 0 Å². The predicted octanol–water partition coefficient (Wildman–Crippen LogP) is 0.960. The Kier molecular flexibility index (Phi) is 5.77. The van der Waals surface area contributed by atoms with Gasteiger partial charge in [-0.1, -0.05) is 70.7 Å². The van der Waals surface area contributed by atoms with Crippen molar-refractivity contribution in [1.82, 2.24) is 0 Å². The van der Waals surface area contributed by atoms with Gasteiger partial charge in [-0.05, 0) is 0 Å². The Balaban J connectivity index is 0.00000169. The van der Waals surface area contributed by atoms with Crippen molar-refractivity contribution in [3.63, 3.8) is 0 Å². The summed E-state index contributed by atoms with van der Waals surface area (Å²) in [5.74, 6) is 0. The normalized spacial score (nSPS) is 13.1. The Morgan fingerprint density at radius 3 is 2.00 bits per heavy atom. The van der Waals surface area contributed by atoms with Crippen LogP contribution in [0.2, 0.25) is 19.6 Å². The summed E-state index contributed by atoms with van der Waals surface area (Å²) in [5.41, 5.74) is 1.32. The summed E-state index contributed by atoms with van der Waals surface area (Å²) in [6.07, 6.45) is 0. The monoisotopic (exact) mass is 199 g/mol. The van der Waals surface area contributed by atoms with E-state index in [4.69, 9.17) is 4.98 Å². The molecule has 0 bridgehead atoms. The molecule has 1 nitrogen and oxygen atoms in total. The summed E-state index contributed by atoms with van der Waals surface area (Å²) in [6, 6.07) is 10.8. The fourth-order valence-electron chi connectivity index (χ4n) is 1.39. The summed E-state index contributed by atoms with van der Waals surface area (Å²) in [5, 5.41) is 0. The maximum absolute atomic E-state index is 4.82. The van der Waals surface area contributed by atoms with Gasteiger partial charge in [0.05, 0.1) is 0 Å². The molecule has 3 heteroatoms. The molecule has 0 aromatic heterocycles. The Labute approximate surface area is 101 Å². The molecule has 0 aliphatic heterocycles. The second kappa shape index (κ2) is 5.77. The molecule has 72 valence electrons. The Morgan fingerprint density at radius 2 is 1.57 bits per heavy atom. The van der Waals surface area contributed by atoms with E-state index in [0.29, 0.717) is 6.04 Å².